The molecule has 3 heteroatoms. The lowest BCUT2D eigenvalue weighted by Gasteiger charge is -1.93. The van der Waals surface area contributed by atoms with Crippen molar-refractivity contribution in [1.29, 1.82) is 0 Å². The van der Waals surface area contributed by atoms with Gasteiger partial charge in [-0.1, -0.05) is 17.7 Å². The van der Waals surface area contributed by atoms with Crippen LogP contribution in [0.15, 0.2) is 50.5 Å². The zero-order chi connectivity index (χ0) is 10.7. The van der Waals surface area contributed by atoms with E-state index in [9.17, 15) is 0 Å². The summed E-state index contributed by atoms with van der Waals surface area (Å²) in [5.41, 5.74) is 2.16. The summed E-state index contributed by atoms with van der Waals surface area (Å²) in [6, 6.07) is 11.7. The standard InChI is InChI=1S/C12H10BrNO/c1-9-2-4-10(5-3-9)14-8-11-6-7-12(13)15-11/h2-8H,1H3. The summed E-state index contributed by atoms with van der Waals surface area (Å²) in [7, 11) is 0. The molecule has 2 nitrogen and oxygen atoms in total. The van der Waals surface area contributed by atoms with Crippen LogP contribution in [0, 0.1) is 6.92 Å². The van der Waals surface area contributed by atoms with Crippen LogP contribution in [0.2, 0.25) is 0 Å². The van der Waals surface area contributed by atoms with Crippen molar-refractivity contribution in [3.05, 3.63) is 52.4 Å². The lowest BCUT2D eigenvalue weighted by molar-refractivity contribution is 0.535. The second kappa shape index (κ2) is 4.45. The highest BCUT2D eigenvalue weighted by atomic mass is 79.9. The van der Waals surface area contributed by atoms with Gasteiger partial charge in [-0.05, 0) is 47.1 Å². The van der Waals surface area contributed by atoms with Crippen LogP contribution >= 0.6 is 15.9 Å². The Balaban J connectivity index is 2.14. The first-order valence-electron chi connectivity index (χ1n) is 4.60. The van der Waals surface area contributed by atoms with Gasteiger partial charge in [0.25, 0.3) is 0 Å². The van der Waals surface area contributed by atoms with Gasteiger partial charge in [-0.2, -0.15) is 0 Å². The van der Waals surface area contributed by atoms with E-state index in [-0.39, 0.29) is 0 Å². The first-order valence-corrected chi connectivity index (χ1v) is 5.39. The van der Waals surface area contributed by atoms with E-state index < -0.39 is 0 Å². The normalized spacial score (nSPS) is 11.1. The lowest BCUT2D eigenvalue weighted by Crippen LogP contribution is -1.74. The molecule has 15 heavy (non-hydrogen) atoms. The molecule has 0 aliphatic heterocycles. The van der Waals surface area contributed by atoms with Crippen molar-refractivity contribution < 1.29 is 4.42 Å². The first kappa shape index (κ1) is 10.2. The molecule has 0 unspecified atom stereocenters. The maximum atomic E-state index is 5.30. The molecule has 0 spiro atoms. The molecule has 0 amide bonds. The maximum absolute atomic E-state index is 5.30. The molecule has 1 aromatic heterocycles. The van der Waals surface area contributed by atoms with E-state index in [1.165, 1.54) is 5.56 Å². The maximum Gasteiger partial charge on any atom is 0.169 e. The Kier molecular flexibility index (Phi) is 3.02. The topological polar surface area (TPSA) is 25.5 Å². The van der Waals surface area contributed by atoms with Gasteiger partial charge in [0.15, 0.2) is 4.67 Å². The summed E-state index contributed by atoms with van der Waals surface area (Å²) in [5, 5.41) is 0. The van der Waals surface area contributed by atoms with Crippen molar-refractivity contribution in [2.45, 2.75) is 6.92 Å². The molecule has 0 saturated carbocycles. The van der Waals surface area contributed by atoms with Crippen LogP contribution in [0.25, 0.3) is 0 Å². The smallest absolute Gasteiger partial charge is 0.169 e. The summed E-state index contributed by atoms with van der Waals surface area (Å²) in [6.07, 6.45) is 1.70. The van der Waals surface area contributed by atoms with Gasteiger partial charge in [0.1, 0.15) is 5.76 Å². The molecule has 0 aliphatic rings. The third kappa shape index (κ3) is 2.80. The van der Waals surface area contributed by atoms with Crippen LogP contribution in [0.4, 0.5) is 5.69 Å². The van der Waals surface area contributed by atoms with Crippen molar-refractivity contribution >= 4 is 27.8 Å². The van der Waals surface area contributed by atoms with E-state index in [0.717, 1.165) is 11.4 Å². The van der Waals surface area contributed by atoms with Gasteiger partial charge in [-0.3, -0.25) is 4.99 Å². The third-order valence-electron chi connectivity index (χ3n) is 1.97. The fraction of sp³-hybridized carbons (Fsp3) is 0.0833. The molecule has 1 aromatic carbocycles. The molecular weight excluding hydrogens is 254 g/mol. The summed E-state index contributed by atoms with van der Waals surface area (Å²) >= 11 is 3.24. The van der Waals surface area contributed by atoms with Gasteiger partial charge in [0.05, 0.1) is 11.9 Å². The van der Waals surface area contributed by atoms with Gasteiger partial charge < -0.3 is 4.42 Å². The van der Waals surface area contributed by atoms with E-state index in [4.69, 9.17) is 4.42 Å². The Hall–Kier alpha value is -1.35. The number of benzene rings is 1. The van der Waals surface area contributed by atoms with Crippen molar-refractivity contribution in [3.8, 4) is 0 Å². The number of hydrogen-bond donors (Lipinski definition) is 0. The van der Waals surface area contributed by atoms with Crippen molar-refractivity contribution in [1.82, 2.24) is 0 Å². The quantitative estimate of drug-likeness (QED) is 0.749. The lowest BCUT2D eigenvalue weighted by atomic mass is 10.2. The average molecular weight is 264 g/mol. The van der Waals surface area contributed by atoms with Crippen LogP contribution in [-0.2, 0) is 0 Å². The number of halogens is 1. The second-order valence-electron chi connectivity index (χ2n) is 3.24. The Bertz CT molecular complexity index is 471. The minimum absolute atomic E-state index is 0.716. The zero-order valence-corrected chi connectivity index (χ0v) is 9.86. The van der Waals surface area contributed by atoms with E-state index in [1.54, 1.807) is 6.21 Å². The summed E-state index contributed by atoms with van der Waals surface area (Å²) in [5.74, 6) is 0.738. The Labute approximate surface area is 96.8 Å². The molecule has 0 saturated heterocycles. The number of aliphatic imine (C=N–C) groups is 1. The molecule has 0 atom stereocenters. The predicted octanol–water partition coefficient (Wildman–Crippen LogP) is 4.10. The summed E-state index contributed by atoms with van der Waals surface area (Å²) < 4.78 is 6.01. The minimum atomic E-state index is 0.716. The molecule has 0 bridgehead atoms. The summed E-state index contributed by atoms with van der Waals surface area (Å²) in [4.78, 5) is 4.29. The number of hydrogen-bond acceptors (Lipinski definition) is 2. The molecule has 0 N–H and O–H groups in total. The highest BCUT2D eigenvalue weighted by molar-refractivity contribution is 9.10. The largest absolute Gasteiger partial charge is 0.448 e. The van der Waals surface area contributed by atoms with Crippen molar-refractivity contribution in [2.24, 2.45) is 4.99 Å². The number of nitrogens with zero attached hydrogens (tertiary/aromatic N) is 1. The minimum Gasteiger partial charge on any atom is -0.448 e. The van der Waals surface area contributed by atoms with Gasteiger partial charge in [-0.15, -0.1) is 0 Å². The van der Waals surface area contributed by atoms with Gasteiger partial charge in [-0.25, -0.2) is 0 Å². The number of aryl methyl sites for hydroxylation is 1. The Morgan fingerprint density at radius 2 is 1.87 bits per heavy atom. The third-order valence-corrected chi connectivity index (χ3v) is 2.40. The van der Waals surface area contributed by atoms with Gasteiger partial charge in [0.2, 0.25) is 0 Å². The molecule has 1 heterocycles. The highest BCUT2D eigenvalue weighted by Crippen LogP contribution is 2.15. The number of rotatable bonds is 2. The predicted molar refractivity (Wildman–Crippen MR) is 64.8 cm³/mol. The monoisotopic (exact) mass is 263 g/mol. The van der Waals surface area contributed by atoms with E-state index >= 15 is 0 Å². The molecular formula is C12H10BrNO. The van der Waals surface area contributed by atoms with Crippen molar-refractivity contribution in [2.75, 3.05) is 0 Å². The van der Waals surface area contributed by atoms with Crippen LogP contribution in [-0.4, -0.2) is 6.21 Å². The van der Waals surface area contributed by atoms with Crippen LogP contribution < -0.4 is 0 Å². The van der Waals surface area contributed by atoms with Crippen molar-refractivity contribution in [3.63, 3.8) is 0 Å². The average Bonchev–Trinajstić information content (AvgIpc) is 2.64. The van der Waals surface area contributed by atoms with E-state index in [2.05, 4.69) is 27.8 Å². The fourth-order valence-corrected chi connectivity index (χ4v) is 1.49. The van der Waals surface area contributed by atoms with Crippen LogP contribution in [0.1, 0.15) is 11.3 Å². The first-order chi connectivity index (χ1) is 7.24. The molecule has 2 aromatic rings. The second-order valence-corrected chi connectivity index (χ2v) is 4.02. The van der Waals surface area contributed by atoms with Gasteiger partial charge >= 0.3 is 0 Å². The van der Waals surface area contributed by atoms with Crippen LogP contribution in [0.3, 0.4) is 0 Å². The summed E-state index contributed by atoms with van der Waals surface area (Å²) in [6.45, 7) is 2.05. The highest BCUT2D eigenvalue weighted by Gasteiger charge is 1.94. The molecule has 2 rings (SSSR count). The number of furan rings is 1. The van der Waals surface area contributed by atoms with E-state index in [1.807, 2.05) is 36.4 Å². The molecule has 0 radical (unpaired) electrons. The van der Waals surface area contributed by atoms with Gasteiger partial charge in [0, 0.05) is 0 Å². The zero-order valence-electron chi connectivity index (χ0n) is 8.27. The SMILES string of the molecule is Cc1ccc(N=Cc2ccc(Br)o2)cc1. The molecule has 0 aliphatic carbocycles. The molecule has 0 fully saturated rings. The molecule has 76 valence electrons. The van der Waals surface area contributed by atoms with Crippen LogP contribution in [0.5, 0.6) is 0 Å². The Morgan fingerprint density at radius 1 is 1.13 bits per heavy atom. The fourth-order valence-electron chi connectivity index (χ4n) is 1.17. The van der Waals surface area contributed by atoms with E-state index in [0.29, 0.717) is 4.67 Å². The Morgan fingerprint density at radius 3 is 2.47 bits per heavy atom.